The van der Waals surface area contributed by atoms with Crippen molar-refractivity contribution in [1.29, 1.82) is 0 Å². The largest absolute Gasteiger partial charge is 0.497 e. The topological polar surface area (TPSA) is 229 Å². The predicted molar refractivity (Wildman–Crippen MR) is 276 cm³/mol. The van der Waals surface area contributed by atoms with Gasteiger partial charge in [0.15, 0.2) is 0 Å². The van der Waals surface area contributed by atoms with Gasteiger partial charge in [0.2, 0.25) is 11.8 Å². The Morgan fingerprint density at radius 3 is 2.12 bits per heavy atom. The third kappa shape index (κ3) is 17.9. The molecule has 1 aliphatic rings. The number of ether oxygens (including phenoxy) is 5. The SMILES string of the molecule is C=CCOC(=O)N[C@@H](Cc1ccccc1)C(=O)N[C@@H](CCCCNC(=O)OC(C)(C)C)C(=O)Nc1ccc(COC(=O)Nc2cc(C)c(C)cc2C(=O)N2C=C(c3ccc(OC)cc3)C[C@H]2COC(C)=O)cc1. The minimum atomic E-state index is -1.10. The van der Waals surface area contributed by atoms with Crippen LogP contribution >= 0.6 is 0 Å². The lowest BCUT2D eigenvalue weighted by atomic mass is 10.0. The number of amides is 6. The van der Waals surface area contributed by atoms with Crippen molar-refractivity contribution >= 4 is 58.9 Å². The molecule has 1 heterocycles. The van der Waals surface area contributed by atoms with Crippen LogP contribution in [0.4, 0.5) is 25.8 Å². The highest BCUT2D eigenvalue weighted by Crippen LogP contribution is 2.34. The van der Waals surface area contributed by atoms with Gasteiger partial charge in [-0.2, -0.15) is 0 Å². The van der Waals surface area contributed by atoms with Gasteiger partial charge in [-0.25, -0.2) is 14.4 Å². The number of esters is 1. The van der Waals surface area contributed by atoms with Gasteiger partial charge in [-0.05, 0) is 130 Å². The Bertz CT molecular complexity index is 2610. The molecule has 0 aromatic heterocycles. The van der Waals surface area contributed by atoms with Crippen LogP contribution in [0.5, 0.6) is 5.75 Å². The number of benzene rings is 4. The Morgan fingerprint density at radius 2 is 1.47 bits per heavy atom. The third-order valence-corrected chi connectivity index (χ3v) is 11.5. The normalized spacial score (nSPS) is 13.8. The molecule has 5 N–H and O–H groups in total. The van der Waals surface area contributed by atoms with Gasteiger partial charge in [0.25, 0.3) is 5.91 Å². The van der Waals surface area contributed by atoms with Crippen molar-refractivity contribution in [1.82, 2.24) is 20.9 Å². The smallest absolute Gasteiger partial charge is 0.411 e. The van der Waals surface area contributed by atoms with Crippen LogP contribution in [-0.4, -0.2) is 97.5 Å². The summed E-state index contributed by atoms with van der Waals surface area (Å²) in [5, 5.41) is 13.7. The van der Waals surface area contributed by atoms with Gasteiger partial charge >= 0.3 is 24.2 Å². The van der Waals surface area contributed by atoms with E-state index in [2.05, 4.69) is 33.2 Å². The van der Waals surface area contributed by atoms with E-state index < -0.39 is 65.7 Å². The van der Waals surface area contributed by atoms with Crippen LogP contribution in [0.1, 0.15) is 91.6 Å². The Balaban J connectivity index is 1.25. The maximum absolute atomic E-state index is 14.4. The van der Waals surface area contributed by atoms with Crippen LogP contribution in [-0.2, 0) is 46.4 Å². The van der Waals surface area contributed by atoms with E-state index in [0.29, 0.717) is 36.3 Å². The summed E-state index contributed by atoms with van der Waals surface area (Å²) in [5.74, 6) is -1.37. The van der Waals surface area contributed by atoms with Crippen molar-refractivity contribution in [2.75, 3.05) is 37.5 Å². The minimum Gasteiger partial charge on any atom is -0.497 e. The first-order valence-corrected chi connectivity index (χ1v) is 23.9. The van der Waals surface area contributed by atoms with Crippen LogP contribution in [0.15, 0.2) is 110 Å². The molecule has 0 saturated carbocycles. The van der Waals surface area contributed by atoms with Crippen LogP contribution in [0.2, 0.25) is 0 Å². The summed E-state index contributed by atoms with van der Waals surface area (Å²) in [4.78, 5) is 93.7. The maximum Gasteiger partial charge on any atom is 0.411 e. The Kier molecular flexibility index (Phi) is 20.5. The predicted octanol–water partition coefficient (Wildman–Crippen LogP) is 8.52. The molecule has 18 nitrogen and oxygen atoms in total. The highest BCUT2D eigenvalue weighted by molar-refractivity contribution is 6.04. The summed E-state index contributed by atoms with van der Waals surface area (Å²) in [6.07, 6.45) is 2.48. The number of rotatable bonds is 22. The Labute approximate surface area is 426 Å². The number of hydrogen-bond donors (Lipinski definition) is 5. The van der Waals surface area contributed by atoms with Crippen molar-refractivity contribution in [3.05, 3.63) is 143 Å². The zero-order valence-corrected chi connectivity index (χ0v) is 42.5. The molecule has 0 radical (unpaired) electrons. The first-order valence-electron chi connectivity index (χ1n) is 23.9. The van der Waals surface area contributed by atoms with Crippen molar-refractivity contribution in [3.63, 3.8) is 0 Å². The van der Waals surface area contributed by atoms with E-state index in [1.54, 1.807) is 82.6 Å². The molecule has 0 fully saturated rings. The Hall–Kier alpha value is -8.15. The van der Waals surface area contributed by atoms with Gasteiger partial charge in [-0.1, -0.05) is 67.3 Å². The van der Waals surface area contributed by atoms with Gasteiger partial charge < -0.3 is 49.9 Å². The van der Waals surface area contributed by atoms with Crippen molar-refractivity contribution in [2.24, 2.45) is 0 Å². The van der Waals surface area contributed by atoms with Crippen molar-refractivity contribution in [2.45, 2.75) is 104 Å². The van der Waals surface area contributed by atoms with E-state index in [1.165, 1.54) is 17.9 Å². The fourth-order valence-corrected chi connectivity index (χ4v) is 7.59. The Morgan fingerprint density at radius 1 is 0.767 bits per heavy atom. The molecule has 18 heteroatoms. The fourth-order valence-electron chi connectivity index (χ4n) is 7.59. The van der Waals surface area contributed by atoms with Gasteiger partial charge in [0, 0.05) is 31.8 Å². The zero-order chi connectivity index (χ0) is 53.1. The number of nitrogens with zero attached hydrogens (tertiary/aromatic N) is 1. The molecule has 0 aliphatic carbocycles. The number of carbonyl (C=O) groups excluding carboxylic acids is 7. The first-order chi connectivity index (χ1) is 34.8. The van der Waals surface area contributed by atoms with Gasteiger partial charge in [-0.15, -0.1) is 0 Å². The lowest BCUT2D eigenvalue weighted by Crippen LogP contribution is -2.53. The molecule has 0 bridgehead atoms. The molecule has 1 aliphatic heterocycles. The summed E-state index contributed by atoms with van der Waals surface area (Å²) in [7, 11) is 1.58. The third-order valence-electron chi connectivity index (χ3n) is 11.5. The van der Waals surface area contributed by atoms with E-state index in [9.17, 15) is 33.6 Å². The highest BCUT2D eigenvalue weighted by atomic mass is 16.6. The monoisotopic (exact) mass is 1000 g/mol. The number of carbonyl (C=O) groups is 7. The molecule has 0 saturated heterocycles. The molecular weight excluding hydrogens is 937 g/mol. The van der Waals surface area contributed by atoms with Crippen molar-refractivity contribution in [3.8, 4) is 5.75 Å². The highest BCUT2D eigenvalue weighted by Gasteiger charge is 2.33. The van der Waals surface area contributed by atoms with E-state index in [0.717, 1.165) is 27.8 Å². The molecular formula is C55H66N6O12. The van der Waals surface area contributed by atoms with Crippen LogP contribution in [0, 0.1) is 13.8 Å². The lowest BCUT2D eigenvalue weighted by Gasteiger charge is -2.25. The van der Waals surface area contributed by atoms with Gasteiger partial charge in [0.05, 0.1) is 24.4 Å². The standard InChI is InChI=1S/C55H66N6O12/c1-9-27-70-53(67)60-48(30-38-15-11-10-12-16-38)50(64)58-46(17-13-14-26-56-52(66)73-55(5,6)7)49(63)57-42-22-18-39(19-23-42)33-72-54(68)59-47-29-36(3)35(2)28-45(47)51(65)61-32-41(31-43(61)34-71-37(4)62)40-20-24-44(69-8)25-21-40/h9-12,15-16,18-25,28-29,32,43,46,48H,1,13-14,17,26-27,30-31,33-34H2,2-8H3,(H,56,66)(H,57,63)(H,58,64)(H,59,68)(H,60,67)/t43-,46-,48-/m0/s1. The first kappa shape index (κ1) is 55.8. The number of unbranched alkanes of at least 4 members (excludes halogenated alkanes) is 1. The van der Waals surface area contributed by atoms with E-state index in [-0.39, 0.29) is 50.5 Å². The summed E-state index contributed by atoms with van der Waals surface area (Å²) in [6, 6.07) is 23.7. The molecule has 3 atom stereocenters. The molecule has 0 spiro atoms. The molecule has 388 valence electrons. The molecule has 4 aromatic rings. The maximum atomic E-state index is 14.4. The summed E-state index contributed by atoms with van der Waals surface area (Å²) < 4.78 is 26.7. The zero-order valence-electron chi connectivity index (χ0n) is 42.5. The van der Waals surface area contributed by atoms with Gasteiger partial charge in [0.1, 0.15) is 43.3 Å². The van der Waals surface area contributed by atoms with Crippen LogP contribution in [0.3, 0.4) is 0 Å². The van der Waals surface area contributed by atoms with E-state index in [1.807, 2.05) is 56.3 Å². The molecule has 0 unspecified atom stereocenters. The number of aryl methyl sites for hydroxylation is 2. The summed E-state index contributed by atoms with van der Waals surface area (Å²) >= 11 is 0. The minimum absolute atomic E-state index is 0.0349. The fraction of sp³-hybridized carbons (Fsp3) is 0.364. The van der Waals surface area contributed by atoms with E-state index in [4.69, 9.17) is 23.7 Å². The van der Waals surface area contributed by atoms with Crippen molar-refractivity contribution < 1.29 is 57.2 Å². The second kappa shape index (κ2) is 26.9. The average molecular weight is 1000 g/mol. The molecule has 4 aromatic carbocycles. The summed E-state index contributed by atoms with van der Waals surface area (Å²) in [5.41, 5.74) is 4.84. The molecule has 6 amide bonds. The number of methoxy groups -OCH3 is 1. The number of nitrogens with one attached hydrogen (secondary N) is 5. The summed E-state index contributed by atoms with van der Waals surface area (Å²) in [6.45, 7) is 13.8. The number of hydrogen-bond acceptors (Lipinski definition) is 12. The van der Waals surface area contributed by atoms with Gasteiger partial charge in [-0.3, -0.25) is 24.5 Å². The lowest BCUT2D eigenvalue weighted by molar-refractivity contribution is -0.142. The number of alkyl carbamates (subject to hydrolysis) is 2. The second-order valence-corrected chi connectivity index (χ2v) is 18.4. The molecule has 73 heavy (non-hydrogen) atoms. The van der Waals surface area contributed by atoms with Crippen LogP contribution < -0.4 is 31.3 Å². The quantitative estimate of drug-likeness (QED) is 0.0216. The average Bonchev–Trinajstić information content (AvgIpc) is 3.79. The second-order valence-electron chi connectivity index (χ2n) is 18.4. The number of anilines is 2. The van der Waals surface area contributed by atoms with Crippen LogP contribution in [0.25, 0.3) is 5.57 Å². The molecule has 5 rings (SSSR count). The van der Waals surface area contributed by atoms with E-state index >= 15 is 0 Å².